The summed E-state index contributed by atoms with van der Waals surface area (Å²) in [5.74, 6) is -0.390. The van der Waals surface area contributed by atoms with Gasteiger partial charge in [0.15, 0.2) is 0 Å². The van der Waals surface area contributed by atoms with Gasteiger partial charge in [-0.3, -0.25) is 4.79 Å². The van der Waals surface area contributed by atoms with Crippen molar-refractivity contribution in [3.05, 3.63) is 28.8 Å². The van der Waals surface area contributed by atoms with Crippen LogP contribution in [-0.2, 0) is 4.74 Å². The molecule has 0 heterocycles. The second-order valence-electron chi connectivity index (χ2n) is 3.55. The maximum atomic E-state index is 11.8. The molecule has 94 valence electrons. The van der Waals surface area contributed by atoms with Crippen LogP contribution in [-0.4, -0.2) is 37.4 Å². The Hall–Kier alpha value is -1.30. The van der Waals surface area contributed by atoms with Crippen molar-refractivity contribution in [2.45, 2.75) is 6.04 Å². The van der Waals surface area contributed by atoms with Crippen LogP contribution in [0.15, 0.2) is 18.2 Å². The van der Waals surface area contributed by atoms with Crippen LogP contribution in [0.1, 0.15) is 10.4 Å². The first-order valence-electron chi connectivity index (χ1n) is 5.04. The number of aliphatic hydroxyl groups is 1. The van der Waals surface area contributed by atoms with E-state index in [0.717, 1.165) is 0 Å². The lowest BCUT2D eigenvalue weighted by Gasteiger charge is -2.15. The molecule has 0 fully saturated rings. The van der Waals surface area contributed by atoms with E-state index in [0.29, 0.717) is 10.7 Å². The number of methoxy groups -OCH3 is 1. The van der Waals surface area contributed by atoms with Gasteiger partial charge in [0, 0.05) is 12.8 Å². The molecule has 4 N–H and O–H groups in total. The molecule has 0 saturated carbocycles. The van der Waals surface area contributed by atoms with Crippen molar-refractivity contribution in [3.63, 3.8) is 0 Å². The number of benzene rings is 1. The molecule has 0 spiro atoms. The fourth-order valence-corrected chi connectivity index (χ4v) is 1.52. The summed E-state index contributed by atoms with van der Waals surface area (Å²) in [6.45, 7) is 0.0156. The molecule has 0 aliphatic carbocycles. The Morgan fingerprint density at radius 1 is 1.65 bits per heavy atom. The summed E-state index contributed by atoms with van der Waals surface area (Å²) in [7, 11) is 1.49. The third-order valence-electron chi connectivity index (χ3n) is 2.16. The predicted octanol–water partition coefficient (Wildman–Crippen LogP) is 0.659. The van der Waals surface area contributed by atoms with E-state index in [4.69, 9.17) is 27.2 Å². The van der Waals surface area contributed by atoms with Crippen molar-refractivity contribution in [3.8, 4) is 0 Å². The molecule has 17 heavy (non-hydrogen) atoms. The molecule has 1 amide bonds. The van der Waals surface area contributed by atoms with Crippen LogP contribution < -0.4 is 11.1 Å². The van der Waals surface area contributed by atoms with Crippen LogP contribution in [0.4, 0.5) is 5.69 Å². The van der Waals surface area contributed by atoms with Crippen LogP contribution in [0, 0.1) is 0 Å². The van der Waals surface area contributed by atoms with Gasteiger partial charge in [-0.2, -0.15) is 0 Å². The van der Waals surface area contributed by atoms with Crippen molar-refractivity contribution in [1.29, 1.82) is 0 Å². The predicted molar refractivity (Wildman–Crippen MR) is 66.1 cm³/mol. The van der Waals surface area contributed by atoms with E-state index in [2.05, 4.69) is 5.32 Å². The van der Waals surface area contributed by atoms with Gasteiger partial charge in [0.1, 0.15) is 0 Å². The van der Waals surface area contributed by atoms with E-state index >= 15 is 0 Å². The lowest BCUT2D eigenvalue weighted by molar-refractivity contribution is 0.0840. The zero-order valence-corrected chi connectivity index (χ0v) is 10.2. The van der Waals surface area contributed by atoms with Gasteiger partial charge in [0.25, 0.3) is 5.91 Å². The number of nitrogens with two attached hydrogens (primary N) is 1. The number of carbonyl (C=O) groups is 1. The number of halogens is 1. The summed E-state index contributed by atoms with van der Waals surface area (Å²) < 4.78 is 4.85. The Bertz CT molecular complexity index is 398. The van der Waals surface area contributed by atoms with E-state index in [1.54, 1.807) is 12.1 Å². The van der Waals surface area contributed by atoms with E-state index in [9.17, 15) is 4.79 Å². The number of hydrogen-bond acceptors (Lipinski definition) is 4. The van der Waals surface area contributed by atoms with Gasteiger partial charge in [0.05, 0.1) is 29.8 Å². The highest BCUT2D eigenvalue weighted by Gasteiger charge is 2.15. The molecule has 0 aliphatic heterocycles. The van der Waals surface area contributed by atoms with Crippen molar-refractivity contribution < 1.29 is 14.6 Å². The molecule has 1 unspecified atom stereocenters. The highest BCUT2D eigenvalue weighted by atomic mass is 35.5. The molecule has 0 aliphatic rings. The van der Waals surface area contributed by atoms with E-state index in [1.165, 1.54) is 13.2 Å². The summed E-state index contributed by atoms with van der Waals surface area (Å²) >= 11 is 5.88. The molecule has 1 atom stereocenters. The molecule has 1 aromatic carbocycles. The van der Waals surface area contributed by atoms with Crippen LogP contribution in [0.25, 0.3) is 0 Å². The summed E-state index contributed by atoms with van der Waals surface area (Å²) in [6.07, 6.45) is 0. The van der Waals surface area contributed by atoms with Crippen molar-refractivity contribution >= 4 is 23.2 Å². The van der Waals surface area contributed by atoms with Gasteiger partial charge in [-0.05, 0) is 18.2 Å². The van der Waals surface area contributed by atoms with E-state index in [1.807, 2.05) is 0 Å². The highest BCUT2D eigenvalue weighted by Crippen LogP contribution is 2.18. The third kappa shape index (κ3) is 3.89. The molecular formula is C11H15ClN2O3. The van der Waals surface area contributed by atoms with Gasteiger partial charge >= 0.3 is 0 Å². The number of ether oxygens (including phenoxy) is 1. The van der Waals surface area contributed by atoms with Crippen molar-refractivity contribution in [1.82, 2.24) is 5.32 Å². The number of hydrogen-bond donors (Lipinski definition) is 3. The van der Waals surface area contributed by atoms with Crippen LogP contribution >= 0.6 is 11.6 Å². The average Bonchev–Trinajstić information content (AvgIpc) is 2.31. The molecule has 1 rings (SSSR count). The van der Waals surface area contributed by atoms with Crippen molar-refractivity contribution in [2.75, 3.05) is 26.1 Å². The maximum absolute atomic E-state index is 11.8. The molecule has 0 bridgehead atoms. The molecule has 0 aromatic heterocycles. The summed E-state index contributed by atoms with van der Waals surface area (Å²) in [5.41, 5.74) is 6.30. The van der Waals surface area contributed by atoms with Gasteiger partial charge in [-0.1, -0.05) is 11.6 Å². The lowest BCUT2D eigenvalue weighted by Crippen LogP contribution is -2.40. The van der Waals surface area contributed by atoms with Gasteiger partial charge in [-0.25, -0.2) is 0 Å². The first kappa shape index (κ1) is 13.8. The topological polar surface area (TPSA) is 84.6 Å². The van der Waals surface area contributed by atoms with E-state index in [-0.39, 0.29) is 18.8 Å². The van der Waals surface area contributed by atoms with Gasteiger partial charge in [0.2, 0.25) is 0 Å². The Kier molecular flexibility index (Phi) is 5.21. The molecular weight excluding hydrogens is 244 g/mol. The minimum absolute atomic E-state index is 0.209. The Balaban J connectivity index is 2.78. The monoisotopic (exact) mass is 258 g/mol. The Labute approximate surface area is 105 Å². The fourth-order valence-electron chi connectivity index (χ4n) is 1.32. The number of carbonyl (C=O) groups excluding carboxylic acids is 1. The molecule has 6 heteroatoms. The number of anilines is 1. The molecule has 5 nitrogen and oxygen atoms in total. The van der Waals surface area contributed by atoms with E-state index < -0.39 is 11.9 Å². The summed E-state index contributed by atoms with van der Waals surface area (Å²) in [5, 5.41) is 11.9. The first-order chi connectivity index (χ1) is 8.08. The SMILES string of the molecule is COCC(CO)NC(=O)c1cc(N)ccc1Cl. The Morgan fingerprint density at radius 3 is 2.94 bits per heavy atom. The Morgan fingerprint density at radius 2 is 2.35 bits per heavy atom. The maximum Gasteiger partial charge on any atom is 0.253 e. The van der Waals surface area contributed by atoms with Gasteiger partial charge in [-0.15, -0.1) is 0 Å². The molecule has 1 aromatic rings. The largest absolute Gasteiger partial charge is 0.399 e. The zero-order valence-electron chi connectivity index (χ0n) is 9.44. The highest BCUT2D eigenvalue weighted by molar-refractivity contribution is 6.34. The average molecular weight is 259 g/mol. The fraction of sp³-hybridized carbons (Fsp3) is 0.364. The number of nitrogens with one attached hydrogen (secondary N) is 1. The molecule has 0 saturated heterocycles. The summed E-state index contributed by atoms with van der Waals surface area (Å²) in [4.78, 5) is 11.8. The summed E-state index contributed by atoms with van der Waals surface area (Å²) in [6, 6.07) is 4.18. The lowest BCUT2D eigenvalue weighted by atomic mass is 10.1. The minimum atomic E-state index is -0.468. The zero-order chi connectivity index (χ0) is 12.8. The molecule has 0 radical (unpaired) electrons. The van der Waals surface area contributed by atoms with Gasteiger partial charge < -0.3 is 20.9 Å². The quantitative estimate of drug-likeness (QED) is 0.678. The van der Waals surface area contributed by atoms with Crippen LogP contribution in [0.2, 0.25) is 5.02 Å². The standard InChI is InChI=1S/C11H15ClN2O3/c1-17-6-8(5-15)14-11(16)9-4-7(13)2-3-10(9)12/h2-4,8,15H,5-6,13H2,1H3,(H,14,16). The smallest absolute Gasteiger partial charge is 0.253 e. The van der Waals surface area contributed by atoms with Crippen LogP contribution in [0.3, 0.4) is 0 Å². The van der Waals surface area contributed by atoms with Crippen LogP contribution in [0.5, 0.6) is 0 Å². The van der Waals surface area contributed by atoms with Crippen molar-refractivity contribution in [2.24, 2.45) is 0 Å². The normalized spacial score (nSPS) is 12.2. The number of rotatable bonds is 5. The second kappa shape index (κ2) is 6.44. The number of amides is 1. The minimum Gasteiger partial charge on any atom is -0.399 e. The second-order valence-corrected chi connectivity index (χ2v) is 3.95. The first-order valence-corrected chi connectivity index (χ1v) is 5.42. The number of nitrogen functional groups attached to an aromatic ring is 1. The number of aliphatic hydroxyl groups excluding tert-OH is 1. The third-order valence-corrected chi connectivity index (χ3v) is 2.49.